The number of aromatic nitrogens is 1. The normalized spacial score (nSPS) is 20.0. The maximum atomic E-state index is 11.5. The molecule has 2 heterocycles. The van der Waals surface area contributed by atoms with Crippen LogP contribution in [0.15, 0.2) is 30.3 Å². The van der Waals surface area contributed by atoms with Crippen molar-refractivity contribution in [3.63, 3.8) is 0 Å². The number of hydrogen-bond donors (Lipinski definition) is 1. The van der Waals surface area contributed by atoms with E-state index in [1.54, 1.807) is 6.07 Å². The van der Waals surface area contributed by atoms with E-state index in [1.165, 1.54) is 0 Å². The Balaban J connectivity index is 1.91. The SMILES string of the molecule is CCN1CCOC(Cn2c(C(=O)O)cc3ccccc32)C1. The summed E-state index contributed by atoms with van der Waals surface area (Å²) in [6.45, 7) is 6.22. The van der Waals surface area contributed by atoms with Crippen molar-refractivity contribution < 1.29 is 14.6 Å². The zero-order chi connectivity index (χ0) is 14.8. The maximum absolute atomic E-state index is 11.5. The first-order valence-electron chi connectivity index (χ1n) is 7.34. The van der Waals surface area contributed by atoms with Crippen molar-refractivity contribution in [3.8, 4) is 0 Å². The predicted octanol–water partition coefficient (Wildman–Crippen LogP) is 2.06. The first-order valence-corrected chi connectivity index (χ1v) is 7.34. The van der Waals surface area contributed by atoms with Crippen molar-refractivity contribution >= 4 is 16.9 Å². The molecule has 21 heavy (non-hydrogen) atoms. The fourth-order valence-corrected chi connectivity index (χ4v) is 2.97. The number of morpholine rings is 1. The highest BCUT2D eigenvalue weighted by atomic mass is 16.5. The van der Waals surface area contributed by atoms with Gasteiger partial charge < -0.3 is 14.4 Å². The predicted molar refractivity (Wildman–Crippen MR) is 80.8 cm³/mol. The lowest BCUT2D eigenvalue weighted by atomic mass is 10.2. The molecule has 2 aromatic rings. The number of aromatic carboxylic acids is 1. The third-order valence-corrected chi connectivity index (χ3v) is 4.09. The minimum absolute atomic E-state index is 0.0348. The molecule has 1 aliphatic heterocycles. The van der Waals surface area contributed by atoms with Gasteiger partial charge in [0.1, 0.15) is 5.69 Å². The van der Waals surface area contributed by atoms with Crippen LogP contribution < -0.4 is 0 Å². The highest BCUT2D eigenvalue weighted by molar-refractivity contribution is 5.94. The van der Waals surface area contributed by atoms with Crippen molar-refractivity contribution in [2.45, 2.75) is 19.6 Å². The van der Waals surface area contributed by atoms with E-state index in [4.69, 9.17) is 4.74 Å². The molecule has 3 rings (SSSR count). The van der Waals surface area contributed by atoms with Crippen LogP contribution in [0.3, 0.4) is 0 Å². The molecule has 0 saturated carbocycles. The van der Waals surface area contributed by atoms with Gasteiger partial charge in [-0.25, -0.2) is 4.79 Å². The van der Waals surface area contributed by atoms with Crippen molar-refractivity contribution in [1.29, 1.82) is 0 Å². The quantitative estimate of drug-likeness (QED) is 0.935. The zero-order valence-corrected chi connectivity index (χ0v) is 12.2. The van der Waals surface area contributed by atoms with Crippen molar-refractivity contribution in [3.05, 3.63) is 36.0 Å². The Morgan fingerprint density at radius 2 is 2.24 bits per heavy atom. The van der Waals surface area contributed by atoms with Crippen LogP contribution in [-0.2, 0) is 11.3 Å². The molecule has 1 fully saturated rings. The first kappa shape index (κ1) is 14.1. The summed E-state index contributed by atoms with van der Waals surface area (Å²) >= 11 is 0. The maximum Gasteiger partial charge on any atom is 0.352 e. The number of ether oxygens (including phenoxy) is 1. The van der Waals surface area contributed by atoms with Crippen LogP contribution in [-0.4, -0.2) is 52.9 Å². The number of hydrogen-bond acceptors (Lipinski definition) is 3. The molecule has 1 unspecified atom stereocenters. The molecule has 0 spiro atoms. The summed E-state index contributed by atoms with van der Waals surface area (Å²) in [6, 6.07) is 9.50. The minimum atomic E-state index is -0.894. The lowest BCUT2D eigenvalue weighted by molar-refractivity contribution is -0.0340. The molecule has 0 bridgehead atoms. The summed E-state index contributed by atoms with van der Waals surface area (Å²) < 4.78 is 7.67. The number of carbonyl (C=O) groups is 1. The fraction of sp³-hybridized carbons (Fsp3) is 0.438. The number of carboxylic acid groups (broad SMARTS) is 1. The summed E-state index contributed by atoms with van der Waals surface area (Å²) in [5, 5.41) is 10.4. The Labute approximate surface area is 123 Å². The molecule has 1 N–H and O–H groups in total. The molecule has 0 radical (unpaired) electrons. The van der Waals surface area contributed by atoms with Crippen molar-refractivity contribution in [2.75, 3.05) is 26.2 Å². The number of nitrogens with zero attached hydrogens (tertiary/aromatic N) is 2. The Morgan fingerprint density at radius 1 is 1.43 bits per heavy atom. The van der Waals surface area contributed by atoms with Gasteiger partial charge in [0.25, 0.3) is 0 Å². The largest absolute Gasteiger partial charge is 0.477 e. The van der Waals surface area contributed by atoms with Gasteiger partial charge in [-0.15, -0.1) is 0 Å². The van der Waals surface area contributed by atoms with Crippen LogP contribution in [0.25, 0.3) is 10.9 Å². The van der Waals surface area contributed by atoms with E-state index in [-0.39, 0.29) is 6.10 Å². The van der Waals surface area contributed by atoms with Gasteiger partial charge in [-0.2, -0.15) is 0 Å². The lowest BCUT2D eigenvalue weighted by Gasteiger charge is -2.32. The molecule has 0 aliphatic carbocycles. The number of carboxylic acids is 1. The van der Waals surface area contributed by atoms with E-state index < -0.39 is 5.97 Å². The molecule has 1 saturated heterocycles. The van der Waals surface area contributed by atoms with Gasteiger partial charge in [0.05, 0.1) is 19.3 Å². The lowest BCUT2D eigenvalue weighted by Crippen LogP contribution is -2.44. The second-order valence-electron chi connectivity index (χ2n) is 5.39. The van der Waals surface area contributed by atoms with Gasteiger partial charge in [0, 0.05) is 24.0 Å². The summed E-state index contributed by atoms with van der Waals surface area (Å²) in [4.78, 5) is 13.8. The van der Waals surface area contributed by atoms with E-state index in [0.29, 0.717) is 18.8 Å². The van der Waals surface area contributed by atoms with Gasteiger partial charge in [-0.05, 0) is 18.7 Å². The van der Waals surface area contributed by atoms with E-state index in [1.807, 2.05) is 28.8 Å². The van der Waals surface area contributed by atoms with Crippen molar-refractivity contribution in [1.82, 2.24) is 9.47 Å². The van der Waals surface area contributed by atoms with Crippen LogP contribution >= 0.6 is 0 Å². The summed E-state index contributed by atoms with van der Waals surface area (Å²) in [7, 11) is 0. The molecule has 1 aromatic carbocycles. The molecule has 0 amide bonds. The smallest absolute Gasteiger partial charge is 0.352 e. The second-order valence-corrected chi connectivity index (χ2v) is 5.39. The average Bonchev–Trinajstić information content (AvgIpc) is 2.87. The summed E-state index contributed by atoms with van der Waals surface area (Å²) in [6.07, 6.45) is 0.0348. The molecule has 112 valence electrons. The monoisotopic (exact) mass is 288 g/mol. The molecule has 5 heteroatoms. The summed E-state index contributed by atoms with van der Waals surface area (Å²) in [5.41, 5.74) is 1.28. The van der Waals surface area contributed by atoms with Crippen molar-refractivity contribution in [2.24, 2.45) is 0 Å². The van der Waals surface area contributed by atoms with Crippen LogP contribution in [0.2, 0.25) is 0 Å². The standard InChI is InChI=1S/C16H20N2O3/c1-2-17-7-8-21-13(10-17)11-18-14-6-4-3-5-12(14)9-15(18)16(19)20/h3-6,9,13H,2,7-8,10-11H2,1H3,(H,19,20). The van der Waals surface area contributed by atoms with Gasteiger partial charge >= 0.3 is 5.97 Å². The van der Waals surface area contributed by atoms with Crippen LogP contribution in [0.5, 0.6) is 0 Å². The highest BCUT2D eigenvalue weighted by Crippen LogP contribution is 2.21. The van der Waals surface area contributed by atoms with Crippen LogP contribution in [0, 0.1) is 0 Å². The Bertz CT molecular complexity index is 650. The molecular weight excluding hydrogens is 268 g/mol. The third kappa shape index (κ3) is 2.80. The molecule has 5 nitrogen and oxygen atoms in total. The van der Waals surface area contributed by atoms with Gasteiger partial charge in [-0.1, -0.05) is 25.1 Å². The van der Waals surface area contributed by atoms with E-state index in [9.17, 15) is 9.90 Å². The minimum Gasteiger partial charge on any atom is -0.477 e. The average molecular weight is 288 g/mol. The van der Waals surface area contributed by atoms with Crippen LogP contribution in [0.1, 0.15) is 17.4 Å². The van der Waals surface area contributed by atoms with E-state index in [2.05, 4.69) is 11.8 Å². The molecule has 1 aliphatic rings. The number of rotatable bonds is 4. The number of likely N-dealkylation sites (N-methyl/N-ethyl adjacent to an activating group) is 1. The van der Waals surface area contributed by atoms with Gasteiger partial charge in [0.15, 0.2) is 0 Å². The Morgan fingerprint density at radius 3 is 3.00 bits per heavy atom. The Kier molecular flexibility index (Phi) is 3.94. The summed E-state index contributed by atoms with van der Waals surface area (Å²) in [5.74, 6) is -0.894. The van der Waals surface area contributed by atoms with Gasteiger partial charge in [-0.3, -0.25) is 4.90 Å². The van der Waals surface area contributed by atoms with E-state index >= 15 is 0 Å². The Hall–Kier alpha value is -1.85. The molecular formula is C16H20N2O3. The number of fused-ring (bicyclic) bond motifs is 1. The topological polar surface area (TPSA) is 54.7 Å². The third-order valence-electron chi connectivity index (χ3n) is 4.09. The molecule has 1 aromatic heterocycles. The van der Waals surface area contributed by atoms with Crippen LogP contribution in [0.4, 0.5) is 0 Å². The highest BCUT2D eigenvalue weighted by Gasteiger charge is 2.23. The number of benzene rings is 1. The first-order chi connectivity index (χ1) is 10.2. The second kappa shape index (κ2) is 5.87. The zero-order valence-electron chi connectivity index (χ0n) is 12.2. The number of para-hydroxylation sites is 1. The van der Waals surface area contributed by atoms with Gasteiger partial charge in [0.2, 0.25) is 0 Å². The van der Waals surface area contributed by atoms with E-state index in [0.717, 1.165) is 30.5 Å². The fourth-order valence-electron chi connectivity index (χ4n) is 2.97. The molecule has 1 atom stereocenters.